The third-order valence-electron chi connectivity index (χ3n) is 2.54. The normalized spacial score (nSPS) is 10.2. The molecule has 19 heavy (non-hydrogen) atoms. The van der Waals surface area contributed by atoms with Crippen molar-refractivity contribution < 1.29 is 23.8 Å². The summed E-state index contributed by atoms with van der Waals surface area (Å²) in [6.45, 7) is -0.109. The van der Waals surface area contributed by atoms with Crippen molar-refractivity contribution in [3.8, 4) is 0 Å². The summed E-state index contributed by atoms with van der Waals surface area (Å²) in [5, 5.41) is 8.65. The second-order valence-corrected chi connectivity index (χ2v) is 3.98. The number of carboxylic acids is 1. The zero-order valence-corrected chi connectivity index (χ0v) is 10.6. The second kappa shape index (κ2) is 7.48. The number of amides is 1. The van der Waals surface area contributed by atoms with Gasteiger partial charge in [-0.05, 0) is 6.07 Å². The Morgan fingerprint density at radius 3 is 2.63 bits per heavy atom. The maximum Gasteiger partial charge on any atom is 0.305 e. The van der Waals surface area contributed by atoms with Gasteiger partial charge in [0.05, 0.1) is 6.42 Å². The quantitative estimate of drug-likeness (QED) is 0.809. The molecule has 0 aliphatic rings. The zero-order valence-electron chi connectivity index (χ0n) is 10.6. The topological polar surface area (TPSA) is 66.8 Å². The van der Waals surface area contributed by atoms with Crippen LogP contribution >= 0.6 is 0 Å². The van der Waals surface area contributed by atoms with Crippen LogP contribution in [0.25, 0.3) is 0 Å². The Bertz CT molecular complexity index is 450. The number of methoxy groups -OCH3 is 1. The highest BCUT2D eigenvalue weighted by Crippen LogP contribution is 2.10. The molecule has 0 bridgehead atoms. The predicted molar refractivity (Wildman–Crippen MR) is 65.9 cm³/mol. The molecule has 0 saturated heterocycles. The van der Waals surface area contributed by atoms with Gasteiger partial charge in [0.2, 0.25) is 5.91 Å². The van der Waals surface area contributed by atoms with E-state index >= 15 is 0 Å². The van der Waals surface area contributed by atoms with Crippen LogP contribution < -0.4 is 0 Å². The Hall–Kier alpha value is -1.95. The Morgan fingerprint density at radius 1 is 1.37 bits per heavy atom. The van der Waals surface area contributed by atoms with Crippen molar-refractivity contribution in [1.29, 1.82) is 0 Å². The molecule has 104 valence electrons. The molecule has 1 aromatic rings. The van der Waals surface area contributed by atoms with Gasteiger partial charge in [-0.25, -0.2) is 4.39 Å². The Morgan fingerprint density at radius 2 is 2.05 bits per heavy atom. The minimum absolute atomic E-state index is 0.0197. The van der Waals surface area contributed by atoms with Crippen LogP contribution in [0.1, 0.15) is 12.0 Å². The van der Waals surface area contributed by atoms with E-state index in [0.717, 1.165) is 0 Å². The monoisotopic (exact) mass is 269 g/mol. The molecule has 1 rings (SSSR count). The summed E-state index contributed by atoms with van der Waals surface area (Å²) >= 11 is 0. The van der Waals surface area contributed by atoms with E-state index in [9.17, 15) is 14.0 Å². The van der Waals surface area contributed by atoms with E-state index < -0.39 is 11.8 Å². The van der Waals surface area contributed by atoms with Crippen LogP contribution in [0.4, 0.5) is 4.39 Å². The van der Waals surface area contributed by atoms with Gasteiger partial charge in [0.15, 0.2) is 0 Å². The SMILES string of the molecule is COCC(=O)N(CCC(=O)O)Cc1ccccc1F. The smallest absolute Gasteiger partial charge is 0.305 e. The van der Waals surface area contributed by atoms with Crippen molar-refractivity contribution in [2.24, 2.45) is 0 Å². The lowest BCUT2D eigenvalue weighted by Gasteiger charge is -2.22. The van der Waals surface area contributed by atoms with E-state index in [1.807, 2.05) is 0 Å². The van der Waals surface area contributed by atoms with E-state index in [0.29, 0.717) is 5.56 Å². The second-order valence-electron chi connectivity index (χ2n) is 3.98. The average Bonchev–Trinajstić information content (AvgIpc) is 2.36. The van der Waals surface area contributed by atoms with E-state index in [2.05, 4.69) is 0 Å². The van der Waals surface area contributed by atoms with Crippen LogP contribution in [0.15, 0.2) is 24.3 Å². The minimum Gasteiger partial charge on any atom is -0.481 e. The number of hydrogen-bond acceptors (Lipinski definition) is 3. The molecule has 0 unspecified atom stereocenters. The lowest BCUT2D eigenvalue weighted by atomic mass is 10.2. The Balaban J connectivity index is 2.75. The Labute approximate surface area is 110 Å². The minimum atomic E-state index is -1.01. The summed E-state index contributed by atoms with van der Waals surface area (Å²) in [4.78, 5) is 23.6. The molecule has 6 heteroatoms. The fourth-order valence-corrected chi connectivity index (χ4v) is 1.57. The van der Waals surface area contributed by atoms with Crippen molar-refractivity contribution in [3.05, 3.63) is 35.6 Å². The lowest BCUT2D eigenvalue weighted by Crippen LogP contribution is -2.35. The molecule has 0 spiro atoms. The fourth-order valence-electron chi connectivity index (χ4n) is 1.57. The van der Waals surface area contributed by atoms with Gasteiger partial charge in [0.25, 0.3) is 0 Å². The van der Waals surface area contributed by atoms with Crippen LogP contribution in [0.2, 0.25) is 0 Å². The van der Waals surface area contributed by atoms with Gasteiger partial charge in [-0.2, -0.15) is 0 Å². The molecule has 0 atom stereocenters. The maximum absolute atomic E-state index is 13.5. The number of rotatable bonds is 7. The summed E-state index contributed by atoms with van der Waals surface area (Å²) in [7, 11) is 1.37. The number of aliphatic carboxylic acids is 1. The summed E-state index contributed by atoms with van der Waals surface area (Å²) in [5.41, 5.74) is 0.345. The fraction of sp³-hybridized carbons (Fsp3) is 0.385. The largest absolute Gasteiger partial charge is 0.481 e. The predicted octanol–water partition coefficient (Wildman–Crippen LogP) is 1.28. The first-order valence-corrected chi connectivity index (χ1v) is 5.76. The van der Waals surface area contributed by atoms with Gasteiger partial charge < -0.3 is 14.7 Å². The highest BCUT2D eigenvalue weighted by Gasteiger charge is 2.16. The van der Waals surface area contributed by atoms with Crippen LogP contribution in [-0.4, -0.2) is 42.1 Å². The highest BCUT2D eigenvalue weighted by atomic mass is 19.1. The molecule has 5 nitrogen and oxygen atoms in total. The molecule has 0 saturated carbocycles. The maximum atomic E-state index is 13.5. The molecule has 0 aliphatic heterocycles. The molecular weight excluding hydrogens is 253 g/mol. The first kappa shape index (κ1) is 15.1. The summed E-state index contributed by atoms with van der Waals surface area (Å²) in [5.74, 6) is -1.80. The van der Waals surface area contributed by atoms with Crippen molar-refractivity contribution in [2.45, 2.75) is 13.0 Å². The number of benzene rings is 1. The van der Waals surface area contributed by atoms with Crippen LogP contribution in [0, 0.1) is 5.82 Å². The summed E-state index contributed by atoms with van der Waals surface area (Å²) < 4.78 is 18.2. The van der Waals surface area contributed by atoms with E-state index in [4.69, 9.17) is 9.84 Å². The molecule has 0 aromatic heterocycles. The first-order valence-electron chi connectivity index (χ1n) is 5.76. The summed E-state index contributed by atoms with van der Waals surface area (Å²) in [6, 6.07) is 6.07. The third kappa shape index (κ3) is 5.05. The average molecular weight is 269 g/mol. The Kier molecular flexibility index (Phi) is 5.95. The van der Waals surface area contributed by atoms with Gasteiger partial charge in [-0.3, -0.25) is 9.59 Å². The molecule has 1 N–H and O–H groups in total. The number of carbonyl (C=O) groups is 2. The molecule has 0 fully saturated rings. The van der Waals surface area contributed by atoms with E-state index in [-0.39, 0.29) is 32.0 Å². The van der Waals surface area contributed by atoms with Gasteiger partial charge >= 0.3 is 5.97 Å². The van der Waals surface area contributed by atoms with Crippen molar-refractivity contribution >= 4 is 11.9 Å². The molecule has 1 aromatic carbocycles. The van der Waals surface area contributed by atoms with Gasteiger partial charge in [-0.1, -0.05) is 18.2 Å². The van der Waals surface area contributed by atoms with E-state index in [1.54, 1.807) is 18.2 Å². The number of carboxylic acid groups (broad SMARTS) is 1. The number of ether oxygens (including phenoxy) is 1. The summed E-state index contributed by atoms with van der Waals surface area (Å²) in [6.07, 6.45) is -0.191. The van der Waals surface area contributed by atoms with E-state index in [1.165, 1.54) is 18.1 Å². The van der Waals surface area contributed by atoms with Crippen molar-refractivity contribution in [3.63, 3.8) is 0 Å². The zero-order chi connectivity index (χ0) is 14.3. The van der Waals surface area contributed by atoms with Gasteiger partial charge in [0, 0.05) is 25.8 Å². The number of nitrogens with zero attached hydrogens (tertiary/aromatic N) is 1. The standard InChI is InChI=1S/C13H16FNO4/c1-19-9-12(16)15(7-6-13(17)18)8-10-4-2-3-5-11(10)14/h2-5H,6-9H2,1H3,(H,17,18). The first-order chi connectivity index (χ1) is 9.04. The molecule has 0 aliphatic carbocycles. The third-order valence-corrected chi connectivity index (χ3v) is 2.54. The van der Waals surface area contributed by atoms with Crippen LogP contribution in [-0.2, 0) is 20.9 Å². The molecule has 0 heterocycles. The molecule has 1 amide bonds. The van der Waals surface area contributed by atoms with Gasteiger partial charge in [-0.15, -0.1) is 0 Å². The van der Waals surface area contributed by atoms with Crippen LogP contribution in [0.3, 0.4) is 0 Å². The van der Waals surface area contributed by atoms with Gasteiger partial charge in [0.1, 0.15) is 12.4 Å². The number of carbonyl (C=O) groups excluding carboxylic acids is 1. The highest BCUT2D eigenvalue weighted by molar-refractivity contribution is 5.78. The van der Waals surface area contributed by atoms with Crippen LogP contribution in [0.5, 0.6) is 0 Å². The molecule has 0 radical (unpaired) electrons. The van der Waals surface area contributed by atoms with Crippen molar-refractivity contribution in [1.82, 2.24) is 4.90 Å². The van der Waals surface area contributed by atoms with Crippen molar-refractivity contribution in [2.75, 3.05) is 20.3 Å². The number of halogens is 1. The lowest BCUT2D eigenvalue weighted by molar-refractivity contribution is -0.140. The molecular formula is C13H16FNO4. The number of hydrogen-bond donors (Lipinski definition) is 1.